The number of aliphatic hydroxyl groups is 1. The van der Waals surface area contributed by atoms with Crippen LogP contribution in [0.3, 0.4) is 0 Å². The van der Waals surface area contributed by atoms with Crippen molar-refractivity contribution < 1.29 is 5.11 Å². The average molecular weight is 222 g/mol. The Labute approximate surface area is 93.3 Å². The van der Waals surface area contributed by atoms with Crippen LogP contribution >= 0.6 is 11.6 Å². The lowest BCUT2D eigenvalue weighted by atomic mass is 10.0. The van der Waals surface area contributed by atoms with Crippen molar-refractivity contribution in [1.82, 2.24) is 0 Å². The fourth-order valence-corrected chi connectivity index (χ4v) is 1.76. The minimum atomic E-state index is -0.593. The second-order valence-corrected chi connectivity index (χ2v) is 3.94. The normalized spacial score (nSPS) is 13.0. The van der Waals surface area contributed by atoms with Crippen molar-refractivity contribution in [1.29, 1.82) is 0 Å². The molecule has 78 valence electrons. The number of fused-ring (bicyclic) bond motifs is 1. The van der Waals surface area contributed by atoms with Gasteiger partial charge in [-0.15, -0.1) is 0 Å². The standard InChI is InChI=1S/C12H12ClNO/c13-11-4-3-8-5-10(12(15)7-14)2-1-9(8)6-11/h1-6,12,15H,7,14H2. The molecule has 0 amide bonds. The fraction of sp³-hybridized carbons (Fsp3) is 0.167. The maximum Gasteiger partial charge on any atom is 0.0912 e. The van der Waals surface area contributed by atoms with E-state index in [0.29, 0.717) is 0 Å². The van der Waals surface area contributed by atoms with Crippen LogP contribution < -0.4 is 5.73 Å². The first-order valence-electron chi connectivity index (χ1n) is 4.78. The molecule has 0 aliphatic heterocycles. The number of aliphatic hydroxyl groups excluding tert-OH is 1. The molecule has 1 unspecified atom stereocenters. The minimum Gasteiger partial charge on any atom is -0.387 e. The Morgan fingerprint density at radius 2 is 1.80 bits per heavy atom. The van der Waals surface area contributed by atoms with Gasteiger partial charge in [0.2, 0.25) is 0 Å². The molecule has 0 saturated carbocycles. The number of hydrogen-bond donors (Lipinski definition) is 2. The molecule has 0 aliphatic rings. The first kappa shape index (κ1) is 10.4. The summed E-state index contributed by atoms with van der Waals surface area (Å²) in [7, 11) is 0. The van der Waals surface area contributed by atoms with Gasteiger partial charge in [-0.1, -0.05) is 29.8 Å². The summed E-state index contributed by atoms with van der Waals surface area (Å²) in [4.78, 5) is 0. The fourth-order valence-electron chi connectivity index (χ4n) is 1.58. The number of benzene rings is 2. The Kier molecular flexibility index (Phi) is 2.91. The van der Waals surface area contributed by atoms with Gasteiger partial charge in [0.15, 0.2) is 0 Å². The molecule has 1 atom stereocenters. The van der Waals surface area contributed by atoms with E-state index >= 15 is 0 Å². The minimum absolute atomic E-state index is 0.235. The highest BCUT2D eigenvalue weighted by atomic mass is 35.5. The quantitative estimate of drug-likeness (QED) is 0.819. The predicted molar refractivity (Wildman–Crippen MR) is 63.0 cm³/mol. The maximum absolute atomic E-state index is 9.59. The molecular weight excluding hydrogens is 210 g/mol. The molecule has 0 aliphatic carbocycles. The molecule has 0 heterocycles. The van der Waals surface area contributed by atoms with Crippen LogP contribution in [0.4, 0.5) is 0 Å². The van der Waals surface area contributed by atoms with Crippen LogP contribution in [0, 0.1) is 0 Å². The van der Waals surface area contributed by atoms with Crippen LogP contribution in [-0.4, -0.2) is 11.7 Å². The summed E-state index contributed by atoms with van der Waals surface area (Å²) in [5, 5.41) is 12.4. The third-order valence-corrected chi connectivity index (χ3v) is 2.67. The van der Waals surface area contributed by atoms with Crippen molar-refractivity contribution in [2.75, 3.05) is 6.54 Å². The van der Waals surface area contributed by atoms with Gasteiger partial charge >= 0.3 is 0 Å². The van der Waals surface area contributed by atoms with E-state index < -0.39 is 6.10 Å². The third-order valence-electron chi connectivity index (χ3n) is 2.43. The first-order valence-corrected chi connectivity index (χ1v) is 5.16. The Hall–Kier alpha value is -1.09. The molecule has 2 nitrogen and oxygen atoms in total. The summed E-state index contributed by atoms with van der Waals surface area (Å²) in [6, 6.07) is 11.4. The van der Waals surface area contributed by atoms with Crippen molar-refractivity contribution in [2.45, 2.75) is 6.10 Å². The van der Waals surface area contributed by atoms with E-state index in [1.807, 2.05) is 36.4 Å². The van der Waals surface area contributed by atoms with Gasteiger partial charge in [0.25, 0.3) is 0 Å². The SMILES string of the molecule is NCC(O)c1ccc2cc(Cl)ccc2c1. The summed E-state index contributed by atoms with van der Waals surface area (Å²) < 4.78 is 0. The first-order chi connectivity index (χ1) is 7.20. The van der Waals surface area contributed by atoms with Crippen molar-refractivity contribution >= 4 is 22.4 Å². The van der Waals surface area contributed by atoms with Crippen molar-refractivity contribution in [3.63, 3.8) is 0 Å². The molecule has 3 N–H and O–H groups in total. The molecular formula is C12H12ClNO. The maximum atomic E-state index is 9.59. The molecule has 0 aromatic heterocycles. The molecule has 0 radical (unpaired) electrons. The smallest absolute Gasteiger partial charge is 0.0912 e. The molecule has 0 bridgehead atoms. The summed E-state index contributed by atoms with van der Waals surface area (Å²) in [6.45, 7) is 0.235. The highest BCUT2D eigenvalue weighted by molar-refractivity contribution is 6.31. The van der Waals surface area contributed by atoms with Crippen molar-refractivity contribution in [3.05, 3.63) is 47.0 Å². The van der Waals surface area contributed by atoms with Gasteiger partial charge in [-0.3, -0.25) is 0 Å². The van der Waals surface area contributed by atoms with Crippen LogP contribution in [0.15, 0.2) is 36.4 Å². The van der Waals surface area contributed by atoms with Crippen LogP contribution in [0.2, 0.25) is 5.02 Å². The van der Waals surface area contributed by atoms with E-state index in [2.05, 4.69) is 0 Å². The van der Waals surface area contributed by atoms with Crippen molar-refractivity contribution in [3.8, 4) is 0 Å². The van der Waals surface area contributed by atoms with Crippen LogP contribution in [-0.2, 0) is 0 Å². The number of rotatable bonds is 2. The largest absolute Gasteiger partial charge is 0.387 e. The van der Waals surface area contributed by atoms with Crippen LogP contribution in [0.5, 0.6) is 0 Å². The van der Waals surface area contributed by atoms with Gasteiger partial charge in [0.1, 0.15) is 0 Å². The number of nitrogens with two attached hydrogens (primary N) is 1. The summed E-state index contributed by atoms with van der Waals surface area (Å²) in [6.07, 6.45) is -0.593. The van der Waals surface area contributed by atoms with E-state index in [1.54, 1.807) is 0 Å². The Morgan fingerprint density at radius 1 is 1.13 bits per heavy atom. The summed E-state index contributed by atoms with van der Waals surface area (Å²) >= 11 is 5.88. The van der Waals surface area contributed by atoms with E-state index in [1.165, 1.54) is 0 Å². The van der Waals surface area contributed by atoms with Gasteiger partial charge in [-0.2, -0.15) is 0 Å². The zero-order valence-corrected chi connectivity index (χ0v) is 8.91. The lowest BCUT2D eigenvalue weighted by Crippen LogP contribution is -2.11. The second-order valence-electron chi connectivity index (χ2n) is 3.50. The Bertz CT molecular complexity index is 484. The molecule has 0 fully saturated rings. The average Bonchev–Trinajstić information content (AvgIpc) is 2.27. The van der Waals surface area contributed by atoms with E-state index in [-0.39, 0.29) is 6.54 Å². The lowest BCUT2D eigenvalue weighted by Gasteiger charge is -2.09. The Balaban J connectivity index is 2.52. The predicted octanol–water partition coefficient (Wildman–Crippen LogP) is 2.49. The van der Waals surface area contributed by atoms with E-state index in [0.717, 1.165) is 21.4 Å². The molecule has 0 saturated heterocycles. The topological polar surface area (TPSA) is 46.2 Å². The molecule has 15 heavy (non-hydrogen) atoms. The van der Waals surface area contributed by atoms with Gasteiger partial charge in [-0.25, -0.2) is 0 Å². The van der Waals surface area contributed by atoms with E-state index in [9.17, 15) is 5.11 Å². The molecule has 2 aromatic carbocycles. The zero-order valence-electron chi connectivity index (χ0n) is 8.15. The molecule has 2 rings (SSSR count). The van der Waals surface area contributed by atoms with Gasteiger partial charge in [-0.05, 0) is 34.5 Å². The molecule has 2 aromatic rings. The zero-order chi connectivity index (χ0) is 10.8. The second kappa shape index (κ2) is 4.19. The van der Waals surface area contributed by atoms with Gasteiger partial charge in [0.05, 0.1) is 6.10 Å². The molecule has 3 heteroatoms. The molecule has 0 spiro atoms. The van der Waals surface area contributed by atoms with Gasteiger partial charge in [0, 0.05) is 11.6 Å². The van der Waals surface area contributed by atoms with Crippen molar-refractivity contribution in [2.24, 2.45) is 5.73 Å². The number of hydrogen-bond acceptors (Lipinski definition) is 2. The summed E-state index contributed by atoms with van der Waals surface area (Å²) in [5.41, 5.74) is 6.24. The van der Waals surface area contributed by atoms with Crippen LogP contribution in [0.1, 0.15) is 11.7 Å². The highest BCUT2D eigenvalue weighted by Gasteiger charge is 2.05. The van der Waals surface area contributed by atoms with Gasteiger partial charge < -0.3 is 10.8 Å². The lowest BCUT2D eigenvalue weighted by molar-refractivity contribution is 0.187. The number of halogens is 1. The highest BCUT2D eigenvalue weighted by Crippen LogP contribution is 2.22. The van der Waals surface area contributed by atoms with E-state index in [4.69, 9.17) is 17.3 Å². The summed E-state index contributed by atoms with van der Waals surface area (Å²) in [5.74, 6) is 0. The monoisotopic (exact) mass is 221 g/mol. The Morgan fingerprint density at radius 3 is 2.53 bits per heavy atom. The third kappa shape index (κ3) is 2.12. The van der Waals surface area contributed by atoms with Crippen LogP contribution in [0.25, 0.3) is 10.8 Å².